The van der Waals surface area contributed by atoms with E-state index in [1.807, 2.05) is 38.1 Å². The van der Waals surface area contributed by atoms with Crippen molar-refractivity contribution >= 4 is 34.8 Å². The van der Waals surface area contributed by atoms with Gasteiger partial charge in [-0.15, -0.1) is 0 Å². The second-order valence-electron chi connectivity index (χ2n) is 6.02. The van der Waals surface area contributed by atoms with E-state index in [0.717, 1.165) is 17.0 Å². The summed E-state index contributed by atoms with van der Waals surface area (Å²) in [7, 11) is 0. The number of nitrogens with one attached hydrogen (secondary N) is 1. The van der Waals surface area contributed by atoms with E-state index in [-0.39, 0.29) is 5.91 Å². The molecule has 2 heterocycles. The van der Waals surface area contributed by atoms with E-state index < -0.39 is 0 Å². The molecule has 0 radical (unpaired) electrons. The summed E-state index contributed by atoms with van der Waals surface area (Å²) in [4.78, 5) is 12.2. The van der Waals surface area contributed by atoms with Crippen molar-refractivity contribution in [2.45, 2.75) is 33.4 Å². The molecule has 0 spiro atoms. The Bertz CT molecular complexity index is 932. The Morgan fingerprint density at radius 1 is 1.23 bits per heavy atom. The summed E-state index contributed by atoms with van der Waals surface area (Å²) >= 11 is 12.3. The minimum atomic E-state index is -0.106. The molecule has 0 saturated heterocycles. The molecule has 0 fully saturated rings. The quantitative estimate of drug-likeness (QED) is 0.688. The van der Waals surface area contributed by atoms with Crippen molar-refractivity contribution in [2.75, 3.05) is 5.32 Å². The summed E-state index contributed by atoms with van der Waals surface area (Å²) in [6.07, 6.45) is 3.70. The van der Waals surface area contributed by atoms with Gasteiger partial charge in [-0.25, -0.2) is 0 Å². The summed E-state index contributed by atoms with van der Waals surface area (Å²) in [6, 6.07) is 7.60. The number of aromatic nitrogens is 4. The number of amides is 1. The molecular weight excluding hydrogens is 373 g/mol. The number of aryl methyl sites for hydroxylation is 2. The van der Waals surface area contributed by atoms with Crippen molar-refractivity contribution in [1.29, 1.82) is 0 Å². The average Bonchev–Trinajstić information content (AvgIpc) is 3.15. The van der Waals surface area contributed by atoms with Gasteiger partial charge in [0.2, 0.25) is 5.91 Å². The van der Waals surface area contributed by atoms with E-state index in [9.17, 15) is 4.79 Å². The van der Waals surface area contributed by atoms with Crippen molar-refractivity contribution in [3.05, 3.63) is 63.7 Å². The third-order valence-electron chi connectivity index (χ3n) is 4.05. The zero-order valence-corrected chi connectivity index (χ0v) is 16.1. The van der Waals surface area contributed by atoms with Gasteiger partial charge in [0.1, 0.15) is 0 Å². The van der Waals surface area contributed by atoms with Crippen molar-refractivity contribution in [2.24, 2.45) is 0 Å². The van der Waals surface area contributed by atoms with E-state index in [1.54, 1.807) is 21.8 Å². The number of benzene rings is 1. The fourth-order valence-corrected chi connectivity index (χ4v) is 2.97. The molecule has 6 nitrogen and oxygen atoms in total. The third kappa shape index (κ3) is 4.26. The second-order valence-corrected chi connectivity index (χ2v) is 6.81. The minimum Gasteiger partial charge on any atom is -0.323 e. The summed E-state index contributed by atoms with van der Waals surface area (Å²) in [6.45, 7) is 4.75. The molecule has 1 aromatic carbocycles. The van der Waals surface area contributed by atoms with Gasteiger partial charge in [-0.3, -0.25) is 14.2 Å². The summed E-state index contributed by atoms with van der Waals surface area (Å²) in [5, 5.41) is 12.8. The predicted molar refractivity (Wildman–Crippen MR) is 103 cm³/mol. The highest BCUT2D eigenvalue weighted by molar-refractivity contribution is 6.32. The maximum absolute atomic E-state index is 12.2. The highest BCUT2D eigenvalue weighted by atomic mass is 35.5. The van der Waals surface area contributed by atoms with Gasteiger partial charge < -0.3 is 5.32 Å². The lowest BCUT2D eigenvalue weighted by Gasteiger charge is -2.05. The molecule has 2 aromatic heterocycles. The third-order valence-corrected chi connectivity index (χ3v) is 4.97. The molecule has 8 heteroatoms. The van der Waals surface area contributed by atoms with Crippen LogP contribution in [0.3, 0.4) is 0 Å². The highest BCUT2D eigenvalue weighted by Crippen LogP contribution is 2.19. The zero-order chi connectivity index (χ0) is 18.7. The Balaban J connectivity index is 1.56. The van der Waals surface area contributed by atoms with Crippen LogP contribution in [0.4, 0.5) is 5.69 Å². The maximum atomic E-state index is 12.2. The Labute approximate surface area is 161 Å². The van der Waals surface area contributed by atoms with Crippen molar-refractivity contribution < 1.29 is 4.79 Å². The molecule has 136 valence electrons. The van der Waals surface area contributed by atoms with Crippen molar-refractivity contribution in [3.63, 3.8) is 0 Å². The largest absolute Gasteiger partial charge is 0.323 e. The van der Waals surface area contributed by atoms with Crippen LogP contribution < -0.4 is 5.32 Å². The van der Waals surface area contributed by atoms with Gasteiger partial charge in [-0.05, 0) is 25.5 Å². The van der Waals surface area contributed by atoms with Crippen molar-refractivity contribution in [3.8, 4) is 0 Å². The fraction of sp³-hybridized carbons (Fsp3) is 0.278. The van der Waals surface area contributed by atoms with Gasteiger partial charge in [0.25, 0.3) is 0 Å². The number of hydrogen-bond acceptors (Lipinski definition) is 3. The zero-order valence-electron chi connectivity index (χ0n) is 14.5. The average molecular weight is 392 g/mol. The van der Waals surface area contributed by atoms with Gasteiger partial charge in [0.15, 0.2) is 0 Å². The number of rotatable bonds is 6. The SMILES string of the molecule is Cc1nn(CCC(=O)Nc2cnn(Cc3ccccc3Cl)c2)c(C)c1Cl. The lowest BCUT2D eigenvalue weighted by Crippen LogP contribution is -2.15. The molecule has 0 bridgehead atoms. The number of hydrogen-bond donors (Lipinski definition) is 1. The van der Waals surface area contributed by atoms with Crippen LogP contribution in [0.25, 0.3) is 0 Å². The highest BCUT2D eigenvalue weighted by Gasteiger charge is 2.11. The first-order chi connectivity index (χ1) is 12.4. The molecule has 1 amide bonds. The molecule has 0 aliphatic rings. The van der Waals surface area contributed by atoms with Gasteiger partial charge in [0.05, 0.1) is 41.4 Å². The Morgan fingerprint density at radius 3 is 2.69 bits per heavy atom. The molecule has 0 aliphatic heterocycles. The Morgan fingerprint density at radius 2 is 2.00 bits per heavy atom. The van der Waals surface area contributed by atoms with Crippen LogP contribution in [-0.4, -0.2) is 25.5 Å². The first-order valence-corrected chi connectivity index (χ1v) is 8.95. The van der Waals surface area contributed by atoms with Crippen LogP contribution in [0.5, 0.6) is 0 Å². The first-order valence-electron chi connectivity index (χ1n) is 8.19. The second kappa shape index (κ2) is 7.93. The van der Waals surface area contributed by atoms with E-state index in [1.165, 1.54) is 0 Å². The summed E-state index contributed by atoms with van der Waals surface area (Å²) in [5.41, 5.74) is 3.25. The number of anilines is 1. The minimum absolute atomic E-state index is 0.106. The Hall–Kier alpha value is -2.31. The molecule has 0 saturated carbocycles. The molecule has 1 N–H and O–H groups in total. The molecular formula is C18H19Cl2N5O. The van der Waals surface area contributed by atoms with Gasteiger partial charge in [-0.1, -0.05) is 41.4 Å². The number of halogens is 2. The number of carbonyl (C=O) groups excluding carboxylic acids is 1. The molecule has 3 rings (SSSR count). The van der Waals surface area contributed by atoms with Crippen molar-refractivity contribution in [1.82, 2.24) is 19.6 Å². The normalized spacial score (nSPS) is 10.9. The first kappa shape index (κ1) is 18.5. The smallest absolute Gasteiger partial charge is 0.226 e. The lowest BCUT2D eigenvalue weighted by atomic mass is 10.2. The molecule has 26 heavy (non-hydrogen) atoms. The standard InChI is InChI=1S/C18H19Cl2N5O/c1-12-18(20)13(2)25(23-12)8-7-17(26)22-15-9-21-24(11-15)10-14-5-3-4-6-16(14)19/h3-6,9,11H,7-8,10H2,1-2H3,(H,22,26). The topological polar surface area (TPSA) is 64.7 Å². The van der Waals surface area contributed by atoms with E-state index >= 15 is 0 Å². The van der Waals surface area contributed by atoms with E-state index in [4.69, 9.17) is 23.2 Å². The van der Waals surface area contributed by atoms with Crippen LogP contribution in [0.2, 0.25) is 10.0 Å². The van der Waals surface area contributed by atoms with E-state index in [2.05, 4.69) is 15.5 Å². The van der Waals surface area contributed by atoms with Gasteiger partial charge >= 0.3 is 0 Å². The lowest BCUT2D eigenvalue weighted by molar-refractivity contribution is -0.116. The van der Waals surface area contributed by atoms with Crippen LogP contribution in [0, 0.1) is 13.8 Å². The van der Waals surface area contributed by atoms with Crippen LogP contribution in [-0.2, 0) is 17.9 Å². The molecule has 0 aliphatic carbocycles. The van der Waals surface area contributed by atoms with Gasteiger partial charge in [0, 0.05) is 17.6 Å². The van der Waals surface area contributed by atoms with Gasteiger partial charge in [-0.2, -0.15) is 10.2 Å². The number of nitrogens with zero attached hydrogens (tertiary/aromatic N) is 4. The van der Waals surface area contributed by atoms with Crippen LogP contribution in [0.1, 0.15) is 23.4 Å². The van der Waals surface area contributed by atoms with E-state index in [0.29, 0.717) is 35.2 Å². The summed E-state index contributed by atoms with van der Waals surface area (Å²) < 4.78 is 3.48. The molecule has 0 unspecified atom stereocenters. The van der Waals surface area contributed by atoms with Crippen LogP contribution in [0.15, 0.2) is 36.7 Å². The monoisotopic (exact) mass is 391 g/mol. The summed E-state index contributed by atoms with van der Waals surface area (Å²) in [5.74, 6) is -0.106. The number of carbonyl (C=O) groups is 1. The van der Waals surface area contributed by atoms with Crippen LogP contribution >= 0.6 is 23.2 Å². The Kier molecular flexibility index (Phi) is 5.64. The maximum Gasteiger partial charge on any atom is 0.226 e. The molecule has 0 atom stereocenters. The fourth-order valence-electron chi connectivity index (χ4n) is 2.64. The predicted octanol–water partition coefficient (Wildman–Crippen LogP) is 4.08. The molecule has 3 aromatic rings.